The second-order valence-corrected chi connectivity index (χ2v) is 6.25. The Morgan fingerprint density at radius 3 is 2.57 bits per heavy atom. The van der Waals surface area contributed by atoms with Gasteiger partial charge in [-0.15, -0.1) is 0 Å². The van der Waals surface area contributed by atoms with Crippen LogP contribution in [0.4, 0.5) is 5.82 Å². The molecule has 0 spiro atoms. The molecule has 4 rings (SSSR count). The van der Waals surface area contributed by atoms with Crippen molar-refractivity contribution in [3.8, 4) is 22.6 Å². The number of benzene rings is 2. The number of ether oxygens (including phenoxy) is 2. The first-order chi connectivity index (χ1) is 13.8. The predicted octanol–water partition coefficient (Wildman–Crippen LogP) is 3.46. The summed E-state index contributed by atoms with van der Waals surface area (Å²) in [6.45, 7) is 0.731. The van der Waals surface area contributed by atoms with Gasteiger partial charge in [0.25, 0.3) is 5.78 Å². The Kier molecular flexibility index (Phi) is 5.05. The van der Waals surface area contributed by atoms with Crippen molar-refractivity contribution >= 4 is 11.6 Å². The van der Waals surface area contributed by atoms with E-state index in [1.807, 2.05) is 48.7 Å². The van der Waals surface area contributed by atoms with Crippen molar-refractivity contribution in [1.29, 1.82) is 0 Å². The maximum atomic E-state index is 5.30. The van der Waals surface area contributed by atoms with E-state index in [-0.39, 0.29) is 0 Å². The van der Waals surface area contributed by atoms with E-state index in [2.05, 4.69) is 26.4 Å². The largest absolute Gasteiger partial charge is 0.497 e. The fourth-order valence-corrected chi connectivity index (χ4v) is 3.08. The number of anilines is 1. The maximum absolute atomic E-state index is 5.30. The van der Waals surface area contributed by atoms with E-state index < -0.39 is 0 Å². The van der Waals surface area contributed by atoms with Crippen LogP contribution >= 0.6 is 0 Å². The van der Waals surface area contributed by atoms with Gasteiger partial charge in [0.15, 0.2) is 0 Å². The first kappa shape index (κ1) is 17.8. The molecule has 142 valence electrons. The summed E-state index contributed by atoms with van der Waals surface area (Å²) in [4.78, 5) is 8.61. The van der Waals surface area contributed by atoms with Gasteiger partial charge in [0.05, 0.1) is 14.2 Å². The summed E-state index contributed by atoms with van der Waals surface area (Å²) in [5.41, 5.74) is 3.17. The summed E-state index contributed by atoms with van der Waals surface area (Å²) in [5.74, 6) is 3.08. The number of hydrogen-bond donors (Lipinski definition) is 1. The second-order valence-electron chi connectivity index (χ2n) is 6.25. The molecule has 0 bridgehead atoms. The van der Waals surface area contributed by atoms with Gasteiger partial charge < -0.3 is 14.8 Å². The van der Waals surface area contributed by atoms with Crippen LogP contribution in [0.1, 0.15) is 5.56 Å². The van der Waals surface area contributed by atoms with Gasteiger partial charge in [0, 0.05) is 18.3 Å². The lowest BCUT2D eigenvalue weighted by Gasteiger charge is -2.14. The molecule has 0 unspecified atom stereocenters. The fraction of sp³-hybridized carbons (Fsp3) is 0.190. The van der Waals surface area contributed by atoms with Crippen LogP contribution in [-0.4, -0.2) is 40.3 Å². The number of nitrogens with one attached hydrogen (secondary N) is 1. The minimum Gasteiger partial charge on any atom is -0.497 e. The van der Waals surface area contributed by atoms with Crippen LogP contribution in [0.3, 0.4) is 0 Å². The molecule has 0 fully saturated rings. The van der Waals surface area contributed by atoms with E-state index in [1.165, 1.54) is 11.9 Å². The highest BCUT2D eigenvalue weighted by atomic mass is 16.5. The Morgan fingerprint density at radius 2 is 1.79 bits per heavy atom. The molecule has 28 heavy (non-hydrogen) atoms. The van der Waals surface area contributed by atoms with Crippen molar-refractivity contribution in [1.82, 2.24) is 19.6 Å². The zero-order valence-electron chi connectivity index (χ0n) is 15.8. The van der Waals surface area contributed by atoms with E-state index in [0.29, 0.717) is 5.78 Å². The van der Waals surface area contributed by atoms with Crippen LogP contribution in [0.2, 0.25) is 0 Å². The summed E-state index contributed by atoms with van der Waals surface area (Å²) in [7, 11) is 3.33. The lowest BCUT2D eigenvalue weighted by molar-refractivity contribution is 0.414. The Bertz CT molecular complexity index is 1080. The van der Waals surface area contributed by atoms with Crippen LogP contribution in [0.15, 0.2) is 61.1 Å². The average molecular weight is 375 g/mol. The highest BCUT2D eigenvalue weighted by Gasteiger charge is 2.12. The number of fused-ring (bicyclic) bond motifs is 1. The molecule has 0 saturated carbocycles. The number of hydrogen-bond acceptors (Lipinski definition) is 6. The average Bonchev–Trinajstić information content (AvgIpc) is 3.23. The number of aromatic nitrogens is 4. The Balaban J connectivity index is 1.61. The molecule has 2 heterocycles. The lowest BCUT2D eigenvalue weighted by Crippen LogP contribution is -2.11. The van der Waals surface area contributed by atoms with E-state index in [1.54, 1.807) is 18.7 Å². The third kappa shape index (κ3) is 3.59. The lowest BCUT2D eigenvalue weighted by atomic mass is 10.1. The zero-order chi connectivity index (χ0) is 19.3. The van der Waals surface area contributed by atoms with Crippen LogP contribution in [-0.2, 0) is 6.42 Å². The molecular formula is C21H21N5O2. The molecule has 0 radical (unpaired) electrons. The van der Waals surface area contributed by atoms with E-state index in [4.69, 9.17) is 9.47 Å². The molecule has 7 nitrogen and oxygen atoms in total. The van der Waals surface area contributed by atoms with Crippen molar-refractivity contribution in [3.63, 3.8) is 0 Å². The number of methoxy groups -OCH3 is 2. The van der Waals surface area contributed by atoms with Gasteiger partial charge in [-0.05, 0) is 41.8 Å². The normalized spacial score (nSPS) is 10.8. The summed E-state index contributed by atoms with van der Waals surface area (Å²) >= 11 is 0. The van der Waals surface area contributed by atoms with Crippen molar-refractivity contribution < 1.29 is 9.47 Å². The molecule has 0 aliphatic heterocycles. The molecule has 0 aliphatic rings. The monoisotopic (exact) mass is 375 g/mol. The third-order valence-electron chi connectivity index (χ3n) is 4.55. The minimum absolute atomic E-state index is 0.557. The van der Waals surface area contributed by atoms with E-state index in [0.717, 1.165) is 41.4 Å². The maximum Gasteiger partial charge on any atom is 0.254 e. The molecule has 1 N–H and O–H groups in total. The molecule has 0 atom stereocenters. The summed E-state index contributed by atoms with van der Waals surface area (Å²) in [5, 5.41) is 7.83. The van der Waals surface area contributed by atoms with Gasteiger partial charge in [-0.25, -0.2) is 4.98 Å². The molecule has 0 amide bonds. The van der Waals surface area contributed by atoms with Gasteiger partial charge in [-0.2, -0.15) is 14.6 Å². The van der Waals surface area contributed by atoms with Gasteiger partial charge in [0.1, 0.15) is 23.6 Å². The fourth-order valence-electron chi connectivity index (χ4n) is 3.08. The van der Waals surface area contributed by atoms with Crippen molar-refractivity contribution in [3.05, 3.63) is 66.6 Å². The standard InChI is InChI=1S/C21H21N5O2/c1-27-17-8-6-16(7-9-17)19-13-23-21-24-14-25-26(21)20(19)22-11-10-15-4-3-5-18(12-15)28-2/h3-9,12-14,22H,10-11H2,1-2H3. The SMILES string of the molecule is COc1ccc(-c2cnc3ncnn3c2NCCc2cccc(OC)c2)cc1. The third-order valence-corrected chi connectivity index (χ3v) is 4.55. The molecule has 0 aliphatic carbocycles. The van der Waals surface area contributed by atoms with Crippen LogP contribution in [0.25, 0.3) is 16.9 Å². The Labute approximate surface area is 163 Å². The van der Waals surface area contributed by atoms with Gasteiger partial charge >= 0.3 is 0 Å². The zero-order valence-corrected chi connectivity index (χ0v) is 15.8. The first-order valence-corrected chi connectivity index (χ1v) is 8.98. The molecular weight excluding hydrogens is 354 g/mol. The van der Waals surface area contributed by atoms with Crippen molar-refractivity contribution in [2.24, 2.45) is 0 Å². The Hall–Kier alpha value is -3.61. The highest BCUT2D eigenvalue weighted by Crippen LogP contribution is 2.29. The summed E-state index contributed by atoms with van der Waals surface area (Å²) in [6.07, 6.45) is 4.17. The van der Waals surface area contributed by atoms with Gasteiger partial charge in [-0.1, -0.05) is 24.3 Å². The quantitative estimate of drug-likeness (QED) is 0.533. The van der Waals surface area contributed by atoms with Crippen LogP contribution < -0.4 is 14.8 Å². The summed E-state index contributed by atoms with van der Waals surface area (Å²) in [6, 6.07) is 16.0. The molecule has 4 aromatic rings. The predicted molar refractivity (Wildman–Crippen MR) is 108 cm³/mol. The topological polar surface area (TPSA) is 73.6 Å². The molecule has 2 aromatic carbocycles. The van der Waals surface area contributed by atoms with Crippen LogP contribution in [0.5, 0.6) is 11.5 Å². The van der Waals surface area contributed by atoms with Crippen LogP contribution in [0, 0.1) is 0 Å². The Morgan fingerprint density at radius 1 is 0.964 bits per heavy atom. The van der Waals surface area contributed by atoms with E-state index >= 15 is 0 Å². The minimum atomic E-state index is 0.557. The smallest absolute Gasteiger partial charge is 0.254 e. The van der Waals surface area contributed by atoms with Crippen molar-refractivity contribution in [2.45, 2.75) is 6.42 Å². The van der Waals surface area contributed by atoms with Gasteiger partial charge in [0.2, 0.25) is 0 Å². The molecule has 7 heteroatoms. The highest BCUT2D eigenvalue weighted by molar-refractivity contribution is 5.76. The van der Waals surface area contributed by atoms with E-state index in [9.17, 15) is 0 Å². The first-order valence-electron chi connectivity index (χ1n) is 8.98. The molecule has 0 saturated heterocycles. The molecule has 2 aromatic heterocycles. The summed E-state index contributed by atoms with van der Waals surface area (Å²) < 4.78 is 12.3. The van der Waals surface area contributed by atoms with Crippen molar-refractivity contribution in [2.75, 3.05) is 26.1 Å². The number of nitrogens with zero attached hydrogens (tertiary/aromatic N) is 4. The number of rotatable bonds is 7. The van der Waals surface area contributed by atoms with Gasteiger partial charge in [-0.3, -0.25) is 0 Å². The second kappa shape index (κ2) is 7.96.